The molecule has 35 heavy (non-hydrogen) atoms. The van der Waals surface area contributed by atoms with E-state index in [4.69, 9.17) is 23.4 Å². The lowest BCUT2D eigenvalue weighted by Crippen LogP contribution is -2.32. The molecular weight excluding hydrogens is 450 g/mol. The molecule has 8 nitrogen and oxygen atoms in total. The second kappa shape index (κ2) is 10.8. The minimum atomic E-state index is -0.398. The highest BCUT2D eigenvalue weighted by atomic mass is 16.5. The number of rotatable bonds is 9. The maximum absolute atomic E-state index is 12.2. The first-order valence-electron chi connectivity index (χ1n) is 11.7. The Bertz CT molecular complexity index is 1280. The van der Waals surface area contributed by atoms with Crippen molar-refractivity contribution in [1.82, 2.24) is 4.90 Å². The van der Waals surface area contributed by atoms with E-state index in [2.05, 4.69) is 4.90 Å². The van der Waals surface area contributed by atoms with Gasteiger partial charge in [-0.2, -0.15) is 0 Å². The Labute approximate surface area is 204 Å². The van der Waals surface area contributed by atoms with Crippen LogP contribution < -0.4 is 19.8 Å². The molecule has 0 N–H and O–H groups in total. The Kier molecular flexibility index (Phi) is 7.60. The van der Waals surface area contributed by atoms with E-state index in [0.29, 0.717) is 55.7 Å². The molecule has 8 heteroatoms. The molecule has 3 aromatic rings. The maximum atomic E-state index is 12.2. The summed E-state index contributed by atoms with van der Waals surface area (Å²) in [7, 11) is 3.22. The lowest BCUT2D eigenvalue weighted by Gasteiger charge is -2.31. The van der Waals surface area contributed by atoms with Crippen LogP contribution in [0.4, 0.5) is 0 Å². The number of nitrogens with zero attached hydrogens (tertiary/aromatic N) is 1. The predicted octanol–water partition coefficient (Wildman–Crippen LogP) is 4.36. The van der Waals surface area contributed by atoms with Gasteiger partial charge in [0.25, 0.3) is 0 Å². The molecule has 1 aromatic heterocycles. The summed E-state index contributed by atoms with van der Waals surface area (Å²) in [5.41, 5.74) is 3.71. The van der Waals surface area contributed by atoms with Gasteiger partial charge in [0.1, 0.15) is 18.1 Å². The number of ether oxygens (including phenoxy) is 4. The van der Waals surface area contributed by atoms with Gasteiger partial charge in [0.15, 0.2) is 11.5 Å². The van der Waals surface area contributed by atoms with Crippen molar-refractivity contribution >= 4 is 16.9 Å². The number of esters is 1. The lowest BCUT2D eigenvalue weighted by molar-refractivity contribution is -0.143. The molecule has 0 aliphatic carbocycles. The molecule has 0 amide bonds. The molecular formula is C27H31NO7. The Morgan fingerprint density at radius 1 is 1.11 bits per heavy atom. The summed E-state index contributed by atoms with van der Waals surface area (Å²) in [5.74, 6) is 1.77. The monoisotopic (exact) mass is 481 g/mol. The van der Waals surface area contributed by atoms with E-state index in [1.165, 1.54) is 6.07 Å². The zero-order valence-electron chi connectivity index (χ0n) is 20.6. The van der Waals surface area contributed by atoms with Crippen molar-refractivity contribution in [3.63, 3.8) is 0 Å². The summed E-state index contributed by atoms with van der Waals surface area (Å²) in [4.78, 5) is 26.4. The summed E-state index contributed by atoms with van der Waals surface area (Å²) in [5, 5.41) is 0.844. The van der Waals surface area contributed by atoms with E-state index < -0.39 is 5.63 Å². The van der Waals surface area contributed by atoms with Crippen molar-refractivity contribution < 1.29 is 28.2 Å². The first kappa shape index (κ1) is 24.6. The molecule has 0 atom stereocenters. The normalized spacial score (nSPS) is 13.3. The van der Waals surface area contributed by atoms with E-state index in [-0.39, 0.29) is 12.4 Å². The van der Waals surface area contributed by atoms with E-state index >= 15 is 0 Å². The zero-order chi connectivity index (χ0) is 24.9. The number of fused-ring (bicyclic) bond motifs is 3. The van der Waals surface area contributed by atoms with E-state index in [0.717, 1.165) is 34.1 Å². The number of hydrogen-bond acceptors (Lipinski definition) is 8. The van der Waals surface area contributed by atoms with Gasteiger partial charge in [-0.3, -0.25) is 9.69 Å². The van der Waals surface area contributed by atoms with Crippen LogP contribution in [0.25, 0.3) is 11.0 Å². The van der Waals surface area contributed by atoms with Crippen molar-refractivity contribution in [2.24, 2.45) is 0 Å². The Balaban J connectivity index is 1.65. The maximum Gasteiger partial charge on any atom is 0.336 e. The van der Waals surface area contributed by atoms with Crippen molar-refractivity contribution in [3.8, 4) is 17.2 Å². The number of carbonyl (C=O) groups excluding carboxylic acids is 1. The molecule has 0 saturated heterocycles. The predicted molar refractivity (Wildman–Crippen MR) is 131 cm³/mol. The Hall–Kier alpha value is -3.52. The quantitative estimate of drug-likeness (QED) is 0.329. The highest BCUT2D eigenvalue weighted by Crippen LogP contribution is 2.38. The van der Waals surface area contributed by atoms with Crippen LogP contribution in [0.15, 0.2) is 39.5 Å². The van der Waals surface area contributed by atoms with Crippen LogP contribution in [0.5, 0.6) is 17.2 Å². The van der Waals surface area contributed by atoms with Gasteiger partial charge in [-0.25, -0.2) is 4.79 Å². The second-order valence-electron chi connectivity index (χ2n) is 8.64. The Morgan fingerprint density at radius 3 is 2.66 bits per heavy atom. The molecule has 0 spiro atoms. The fourth-order valence-electron chi connectivity index (χ4n) is 4.36. The average molecular weight is 482 g/mol. The first-order chi connectivity index (χ1) is 16.9. The van der Waals surface area contributed by atoms with Gasteiger partial charge in [-0.15, -0.1) is 0 Å². The van der Waals surface area contributed by atoms with E-state index in [1.807, 2.05) is 38.1 Å². The third kappa shape index (κ3) is 5.43. The number of aryl methyl sites for hydroxylation is 2. The highest BCUT2D eigenvalue weighted by molar-refractivity contribution is 5.86. The molecule has 1 aliphatic rings. The van der Waals surface area contributed by atoms with Crippen LogP contribution in [0.2, 0.25) is 0 Å². The standard InChI is InChI=1S/C27H31NO7/c1-5-10-33-24(29)9-7-19-13-20-17(2)11-25(30)35-27(20)21-15-28(16-34-26(19)21)14-18-6-8-22(31-3)23(12-18)32-4/h6,8,11-13H,5,7,9-10,14-16H2,1-4H3. The van der Waals surface area contributed by atoms with Gasteiger partial charge in [0.2, 0.25) is 0 Å². The number of methoxy groups -OCH3 is 2. The SMILES string of the molecule is CCCOC(=O)CCc1cc2c(C)cc(=O)oc2c2c1OCN(Cc1ccc(OC)c(OC)c1)C2. The molecule has 0 unspecified atom stereocenters. The van der Waals surface area contributed by atoms with Crippen molar-refractivity contribution in [2.75, 3.05) is 27.6 Å². The largest absolute Gasteiger partial charge is 0.493 e. The van der Waals surface area contributed by atoms with Gasteiger partial charge in [-0.1, -0.05) is 13.0 Å². The Morgan fingerprint density at radius 2 is 1.91 bits per heavy atom. The molecule has 2 aromatic carbocycles. The van der Waals surface area contributed by atoms with Gasteiger partial charge in [-0.05, 0) is 54.7 Å². The van der Waals surface area contributed by atoms with E-state index in [1.54, 1.807) is 14.2 Å². The molecule has 0 fully saturated rings. The van der Waals surface area contributed by atoms with Gasteiger partial charge >= 0.3 is 11.6 Å². The van der Waals surface area contributed by atoms with Gasteiger partial charge in [0, 0.05) is 31.0 Å². The summed E-state index contributed by atoms with van der Waals surface area (Å²) in [6, 6.07) is 9.25. The van der Waals surface area contributed by atoms with E-state index in [9.17, 15) is 9.59 Å². The number of carbonyl (C=O) groups is 1. The van der Waals surface area contributed by atoms with Crippen LogP contribution in [0, 0.1) is 6.92 Å². The number of benzene rings is 2. The molecule has 186 valence electrons. The lowest BCUT2D eigenvalue weighted by atomic mass is 9.97. The average Bonchev–Trinajstić information content (AvgIpc) is 2.86. The van der Waals surface area contributed by atoms with Crippen LogP contribution in [-0.4, -0.2) is 38.4 Å². The molecule has 0 radical (unpaired) electrons. The fourth-order valence-corrected chi connectivity index (χ4v) is 4.36. The molecule has 0 bridgehead atoms. The molecule has 0 saturated carbocycles. The minimum absolute atomic E-state index is 0.233. The molecule has 1 aliphatic heterocycles. The fraction of sp³-hybridized carbons (Fsp3) is 0.407. The van der Waals surface area contributed by atoms with Crippen molar-refractivity contribution in [1.29, 1.82) is 0 Å². The van der Waals surface area contributed by atoms with Gasteiger partial charge < -0.3 is 23.4 Å². The zero-order valence-corrected chi connectivity index (χ0v) is 20.6. The molecule has 4 rings (SSSR count). The smallest absolute Gasteiger partial charge is 0.336 e. The number of hydrogen-bond donors (Lipinski definition) is 0. The second-order valence-corrected chi connectivity index (χ2v) is 8.64. The summed E-state index contributed by atoms with van der Waals surface area (Å²) >= 11 is 0. The van der Waals surface area contributed by atoms with Crippen molar-refractivity contribution in [3.05, 3.63) is 63.0 Å². The van der Waals surface area contributed by atoms with Crippen LogP contribution >= 0.6 is 0 Å². The van der Waals surface area contributed by atoms with Crippen LogP contribution in [0.3, 0.4) is 0 Å². The summed E-state index contributed by atoms with van der Waals surface area (Å²) in [6.45, 7) is 5.75. The first-order valence-corrected chi connectivity index (χ1v) is 11.7. The van der Waals surface area contributed by atoms with Crippen LogP contribution in [0.1, 0.15) is 42.0 Å². The van der Waals surface area contributed by atoms with Crippen molar-refractivity contribution in [2.45, 2.75) is 46.2 Å². The van der Waals surface area contributed by atoms with Crippen LogP contribution in [-0.2, 0) is 29.0 Å². The highest BCUT2D eigenvalue weighted by Gasteiger charge is 2.26. The molecule has 2 heterocycles. The third-order valence-corrected chi connectivity index (χ3v) is 6.06. The third-order valence-electron chi connectivity index (χ3n) is 6.06. The summed E-state index contributed by atoms with van der Waals surface area (Å²) < 4.78 is 27.8. The summed E-state index contributed by atoms with van der Waals surface area (Å²) in [6.07, 6.45) is 1.52. The minimum Gasteiger partial charge on any atom is -0.493 e. The topological polar surface area (TPSA) is 87.4 Å². The van der Waals surface area contributed by atoms with Gasteiger partial charge in [0.05, 0.1) is 26.4 Å².